The first-order valence-electron chi connectivity index (χ1n) is 8.36. The summed E-state index contributed by atoms with van der Waals surface area (Å²) < 4.78 is 0. The van der Waals surface area contributed by atoms with E-state index in [4.69, 9.17) is 0 Å². The van der Waals surface area contributed by atoms with Gasteiger partial charge in [0, 0.05) is 50.7 Å². The highest BCUT2D eigenvalue weighted by molar-refractivity contribution is 5.95. The number of likely N-dealkylation sites (N-methyl/N-ethyl adjacent to an activating group) is 1. The maximum atomic E-state index is 12.3. The molecule has 0 spiro atoms. The molecular weight excluding hydrogens is 304 g/mol. The minimum absolute atomic E-state index is 0.119. The number of aromatic nitrogens is 1. The van der Waals surface area contributed by atoms with Crippen LogP contribution in [0.3, 0.4) is 0 Å². The van der Waals surface area contributed by atoms with Gasteiger partial charge in [0.25, 0.3) is 5.91 Å². The summed E-state index contributed by atoms with van der Waals surface area (Å²) in [6.07, 6.45) is 0. The molecule has 1 aromatic heterocycles. The van der Waals surface area contributed by atoms with Crippen LogP contribution in [0.1, 0.15) is 16.1 Å². The molecule has 2 heterocycles. The van der Waals surface area contributed by atoms with E-state index >= 15 is 0 Å². The fraction of sp³-hybridized carbons (Fsp3) is 0.444. The molecule has 0 aliphatic carbocycles. The number of fused-ring (bicyclic) bond motifs is 1. The minimum atomic E-state index is -0.232. The zero-order valence-electron chi connectivity index (χ0n) is 14.3. The Morgan fingerprint density at radius 2 is 2.00 bits per heavy atom. The number of nitrogens with one attached hydrogen (secondary N) is 2. The van der Waals surface area contributed by atoms with Crippen molar-refractivity contribution < 1.29 is 4.79 Å². The van der Waals surface area contributed by atoms with Crippen molar-refractivity contribution >= 4 is 16.8 Å². The lowest BCUT2D eigenvalue weighted by molar-refractivity contribution is 0.0936. The molecule has 1 aliphatic heterocycles. The predicted octanol–water partition coefficient (Wildman–Crippen LogP) is 0.814. The highest BCUT2D eigenvalue weighted by Crippen LogP contribution is 2.12. The summed E-state index contributed by atoms with van der Waals surface area (Å²) in [7, 11) is 2.12. The second-order valence-corrected chi connectivity index (χ2v) is 6.45. The van der Waals surface area contributed by atoms with Crippen LogP contribution in [0.15, 0.2) is 29.1 Å². The topological polar surface area (TPSA) is 68.4 Å². The molecule has 0 atom stereocenters. The second-order valence-electron chi connectivity index (χ2n) is 6.45. The van der Waals surface area contributed by atoms with Gasteiger partial charge in [-0.05, 0) is 25.6 Å². The average molecular weight is 328 g/mol. The lowest BCUT2D eigenvalue weighted by atomic mass is 10.1. The van der Waals surface area contributed by atoms with Gasteiger partial charge in [-0.15, -0.1) is 0 Å². The van der Waals surface area contributed by atoms with E-state index in [1.807, 2.05) is 25.1 Å². The molecule has 0 radical (unpaired) electrons. The maximum absolute atomic E-state index is 12.3. The first-order chi connectivity index (χ1) is 11.5. The third-order valence-electron chi connectivity index (χ3n) is 4.62. The minimum Gasteiger partial charge on any atom is -0.350 e. The summed E-state index contributed by atoms with van der Waals surface area (Å²) in [5.41, 5.74) is 1.81. The van der Waals surface area contributed by atoms with Crippen molar-refractivity contribution in [2.24, 2.45) is 0 Å². The van der Waals surface area contributed by atoms with Crippen molar-refractivity contribution in [2.75, 3.05) is 46.3 Å². The molecule has 128 valence electrons. The highest BCUT2D eigenvalue weighted by Gasteiger charge is 2.14. The maximum Gasteiger partial charge on any atom is 0.267 e. The molecule has 0 bridgehead atoms. The predicted molar refractivity (Wildman–Crippen MR) is 95.6 cm³/mol. The molecule has 1 aromatic carbocycles. The van der Waals surface area contributed by atoms with Gasteiger partial charge in [0.15, 0.2) is 5.43 Å². The fourth-order valence-corrected chi connectivity index (χ4v) is 3.10. The Morgan fingerprint density at radius 3 is 2.75 bits per heavy atom. The van der Waals surface area contributed by atoms with Crippen LogP contribution in [-0.2, 0) is 0 Å². The number of benzene rings is 1. The molecule has 0 saturated carbocycles. The number of nitrogens with zero attached hydrogens (tertiary/aromatic N) is 2. The molecule has 1 fully saturated rings. The van der Waals surface area contributed by atoms with Crippen LogP contribution in [-0.4, -0.2) is 67.0 Å². The number of rotatable bonds is 4. The first-order valence-corrected chi connectivity index (χ1v) is 8.36. The Labute approximate surface area is 141 Å². The molecule has 6 nitrogen and oxygen atoms in total. The quantitative estimate of drug-likeness (QED) is 0.872. The summed E-state index contributed by atoms with van der Waals surface area (Å²) in [5, 5.41) is 3.54. The summed E-state index contributed by atoms with van der Waals surface area (Å²) in [4.78, 5) is 32.3. The number of amides is 1. The molecule has 3 rings (SSSR count). The van der Waals surface area contributed by atoms with Gasteiger partial charge in [0.1, 0.15) is 5.69 Å². The van der Waals surface area contributed by atoms with Crippen LogP contribution < -0.4 is 10.7 Å². The van der Waals surface area contributed by atoms with Gasteiger partial charge in [0.2, 0.25) is 0 Å². The standard InChI is InChI=1S/C18H24N4O2/c1-13-4-3-5-14-17(13)16(23)12-15(20-14)18(24)19-6-7-22-10-8-21(2)9-11-22/h3-5,12H,6-11H2,1-2H3,(H,19,24)(H,20,23). The van der Waals surface area contributed by atoms with Gasteiger partial charge in [0.05, 0.1) is 5.52 Å². The van der Waals surface area contributed by atoms with Crippen LogP contribution in [0.2, 0.25) is 0 Å². The molecule has 1 aliphatic rings. The van der Waals surface area contributed by atoms with E-state index in [9.17, 15) is 9.59 Å². The Bertz CT molecular complexity index is 791. The smallest absolute Gasteiger partial charge is 0.267 e. The molecule has 0 unspecified atom stereocenters. The third kappa shape index (κ3) is 3.66. The molecule has 1 saturated heterocycles. The van der Waals surface area contributed by atoms with Gasteiger partial charge in [-0.25, -0.2) is 0 Å². The number of aryl methyl sites for hydroxylation is 1. The molecule has 24 heavy (non-hydrogen) atoms. The van der Waals surface area contributed by atoms with E-state index in [1.54, 1.807) is 0 Å². The van der Waals surface area contributed by atoms with Gasteiger partial charge >= 0.3 is 0 Å². The molecule has 1 amide bonds. The number of carbonyl (C=O) groups is 1. The number of hydrogen-bond acceptors (Lipinski definition) is 4. The zero-order chi connectivity index (χ0) is 17.1. The third-order valence-corrected chi connectivity index (χ3v) is 4.62. The van der Waals surface area contributed by atoms with Gasteiger partial charge < -0.3 is 15.2 Å². The van der Waals surface area contributed by atoms with E-state index < -0.39 is 0 Å². The highest BCUT2D eigenvalue weighted by atomic mass is 16.2. The summed E-state index contributed by atoms with van der Waals surface area (Å²) in [5.74, 6) is -0.232. The largest absolute Gasteiger partial charge is 0.350 e. The molecule has 2 N–H and O–H groups in total. The van der Waals surface area contributed by atoms with Crippen LogP contribution in [0.5, 0.6) is 0 Å². The van der Waals surface area contributed by atoms with Crippen molar-refractivity contribution in [3.05, 3.63) is 45.7 Å². The number of hydrogen-bond donors (Lipinski definition) is 2. The molecular formula is C18H24N4O2. The van der Waals surface area contributed by atoms with Crippen molar-refractivity contribution in [3.63, 3.8) is 0 Å². The van der Waals surface area contributed by atoms with Crippen LogP contribution >= 0.6 is 0 Å². The summed E-state index contributed by atoms with van der Waals surface area (Å²) in [6, 6.07) is 6.99. The number of pyridine rings is 1. The van der Waals surface area contributed by atoms with E-state index in [0.717, 1.165) is 38.3 Å². The van der Waals surface area contributed by atoms with Crippen molar-refractivity contribution in [3.8, 4) is 0 Å². The van der Waals surface area contributed by atoms with Crippen molar-refractivity contribution in [1.82, 2.24) is 20.1 Å². The lowest BCUT2D eigenvalue weighted by Gasteiger charge is -2.32. The number of aromatic amines is 1. The molecule has 6 heteroatoms. The van der Waals surface area contributed by atoms with Crippen molar-refractivity contribution in [2.45, 2.75) is 6.92 Å². The number of carbonyl (C=O) groups excluding carboxylic acids is 1. The Balaban J connectivity index is 1.63. The number of piperazine rings is 1. The van der Waals surface area contributed by atoms with Crippen molar-refractivity contribution in [1.29, 1.82) is 0 Å². The monoisotopic (exact) mass is 328 g/mol. The zero-order valence-corrected chi connectivity index (χ0v) is 14.3. The van der Waals surface area contributed by atoms with E-state index in [-0.39, 0.29) is 11.3 Å². The van der Waals surface area contributed by atoms with E-state index in [2.05, 4.69) is 27.1 Å². The summed E-state index contributed by atoms with van der Waals surface area (Å²) in [6.45, 7) is 7.48. The number of H-pyrrole nitrogens is 1. The van der Waals surface area contributed by atoms with Crippen LogP contribution in [0.4, 0.5) is 0 Å². The van der Waals surface area contributed by atoms with Gasteiger partial charge in [-0.1, -0.05) is 12.1 Å². The van der Waals surface area contributed by atoms with Gasteiger partial charge in [-0.2, -0.15) is 0 Å². The van der Waals surface area contributed by atoms with E-state index in [1.165, 1.54) is 6.07 Å². The average Bonchev–Trinajstić information content (AvgIpc) is 2.56. The van der Waals surface area contributed by atoms with Crippen LogP contribution in [0.25, 0.3) is 10.9 Å². The normalized spacial score (nSPS) is 16.4. The lowest BCUT2D eigenvalue weighted by Crippen LogP contribution is -2.47. The Morgan fingerprint density at radius 1 is 1.25 bits per heavy atom. The second kappa shape index (κ2) is 7.15. The molecule has 2 aromatic rings. The Hall–Kier alpha value is -2.18. The first kappa shape index (κ1) is 16.7. The van der Waals surface area contributed by atoms with Crippen LogP contribution in [0, 0.1) is 6.92 Å². The van der Waals surface area contributed by atoms with Gasteiger partial charge in [-0.3, -0.25) is 14.5 Å². The SMILES string of the molecule is Cc1cccc2[nH]c(C(=O)NCCN3CCN(C)CC3)cc(=O)c12. The fourth-order valence-electron chi connectivity index (χ4n) is 3.10. The Kier molecular flexibility index (Phi) is 4.97. The van der Waals surface area contributed by atoms with E-state index in [0.29, 0.717) is 23.1 Å². The summed E-state index contributed by atoms with van der Waals surface area (Å²) >= 11 is 0.